The lowest BCUT2D eigenvalue weighted by Crippen LogP contribution is -2.51. The molecule has 1 aliphatic carbocycles. The fraction of sp³-hybridized carbons (Fsp3) is 0.684. The Morgan fingerprint density at radius 2 is 2.16 bits per heavy atom. The number of aliphatic hydroxyl groups is 1. The first-order valence-corrected chi connectivity index (χ1v) is 8.96. The van der Waals surface area contributed by atoms with E-state index in [1.807, 2.05) is 6.07 Å². The van der Waals surface area contributed by atoms with Gasteiger partial charge in [-0.05, 0) is 31.7 Å². The second kappa shape index (κ2) is 7.99. The van der Waals surface area contributed by atoms with Gasteiger partial charge in [-0.15, -0.1) is 0 Å². The third kappa shape index (κ3) is 3.67. The fourth-order valence-electron chi connectivity index (χ4n) is 4.44. The van der Waals surface area contributed by atoms with Gasteiger partial charge in [0, 0.05) is 31.8 Å². The molecular weight excluding hydrogens is 325 g/mol. The zero-order valence-corrected chi connectivity index (χ0v) is 15.0. The summed E-state index contributed by atoms with van der Waals surface area (Å²) < 4.78 is 31.0. The van der Waals surface area contributed by atoms with E-state index in [0.29, 0.717) is 18.9 Å². The lowest BCUT2D eigenvalue weighted by Gasteiger charge is -2.43. The quantitative estimate of drug-likeness (QED) is 0.816. The number of benzene rings is 1. The van der Waals surface area contributed by atoms with Crippen LogP contribution in [0.25, 0.3) is 0 Å². The molecule has 140 valence electrons. The lowest BCUT2D eigenvalue weighted by molar-refractivity contribution is -0.104. The maximum Gasteiger partial charge on any atom is 0.165 e. The topological polar surface area (TPSA) is 51.2 Å². The number of likely N-dealkylation sites (tertiary alicyclic amines) is 1. The summed E-state index contributed by atoms with van der Waals surface area (Å²) >= 11 is 0. The molecule has 0 unspecified atom stereocenters. The van der Waals surface area contributed by atoms with Crippen molar-refractivity contribution in [3.8, 4) is 5.75 Å². The standard InChI is InChI=1S/C19H28FNO4/c1-23-18-14(4-3-5-16(18)20)13-21-9-8-19(24-2)7-6-15(12-17(19)21)25-11-10-22/h3-5,15,17,22H,6-13H2,1-2H3/t15-,17+,19-/m1/s1. The Hall–Kier alpha value is -1.21. The molecule has 1 aromatic carbocycles. The number of rotatable bonds is 7. The second-order valence-electron chi connectivity index (χ2n) is 6.93. The van der Waals surface area contributed by atoms with Gasteiger partial charge in [-0.2, -0.15) is 0 Å². The minimum Gasteiger partial charge on any atom is -0.493 e. The van der Waals surface area contributed by atoms with Gasteiger partial charge in [0.15, 0.2) is 11.6 Å². The summed E-state index contributed by atoms with van der Waals surface area (Å²) in [6.07, 6.45) is 3.86. The number of hydrogen-bond donors (Lipinski definition) is 1. The minimum absolute atomic E-state index is 0.0425. The van der Waals surface area contributed by atoms with Crippen LogP contribution in [-0.2, 0) is 16.0 Å². The van der Waals surface area contributed by atoms with E-state index in [9.17, 15) is 4.39 Å². The van der Waals surface area contributed by atoms with Gasteiger partial charge in [-0.1, -0.05) is 12.1 Å². The number of aliphatic hydroxyl groups excluding tert-OH is 1. The highest BCUT2D eigenvalue weighted by molar-refractivity contribution is 5.35. The third-order valence-electron chi connectivity index (χ3n) is 5.72. The van der Waals surface area contributed by atoms with Crippen molar-refractivity contribution in [2.75, 3.05) is 34.0 Å². The highest BCUT2D eigenvalue weighted by Crippen LogP contribution is 2.44. The van der Waals surface area contributed by atoms with Crippen LogP contribution in [0.2, 0.25) is 0 Å². The van der Waals surface area contributed by atoms with Gasteiger partial charge in [0.1, 0.15) is 0 Å². The molecule has 1 heterocycles. The van der Waals surface area contributed by atoms with E-state index in [2.05, 4.69) is 4.90 Å². The SMILES string of the molecule is COc1c(F)cccc1CN1CC[C@]2(OC)CC[C@@H](OCCO)C[C@H]12. The predicted octanol–water partition coefficient (Wildman–Crippen LogP) is 2.36. The molecule has 2 aliphatic rings. The highest BCUT2D eigenvalue weighted by Gasteiger charge is 2.51. The second-order valence-corrected chi connectivity index (χ2v) is 6.93. The summed E-state index contributed by atoms with van der Waals surface area (Å²) in [5.41, 5.74) is 0.701. The smallest absolute Gasteiger partial charge is 0.165 e. The molecule has 1 saturated heterocycles. The molecule has 3 atom stereocenters. The normalized spacial score (nSPS) is 29.6. The number of methoxy groups -OCH3 is 2. The van der Waals surface area contributed by atoms with Crippen molar-refractivity contribution in [3.63, 3.8) is 0 Å². The summed E-state index contributed by atoms with van der Waals surface area (Å²) in [4.78, 5) is 2.36. The Labute approximate surface area is 148 Å². The maximum atomic E-state index is 14.0. The van der Waals surface area contributed by atoms with Gasteiger partial charge in [-0.3, -0.25) is 4.90 Å². The molecule has 1 saturated carbocycles. The molecule has 1 N–H and O–H groups in total. The highest BCUT2D eigenvalue weighted by atomic mass is 19.1. The largest absolute Gasteiger partial charge is 0.493 e. The number of halogens is 1. The summed E-state index contributed by atoms with van der Waals surface area (Å²) in [6, 6.07) is 5.28. The van der Waals surface area contributed by atoms with Crippen LogP contribution >= 0.6 is 0 Å². The monoisotopic (exact) mass is 353 g/mol. The van der Waals surface area contributed by atoms with Crippen molar-refractivity contribution in [1.82, 2.24) is 4.90 Å². The van der Waals surface area contributed by atoms with Gasteiger partial charge in [-0.25, -0.2) is 4.39 Å². The van der Waals surface area contributed by atoms with E-state index in [-0.39, 0.29) is 30.2 Å². The summed E-state index contributed by atoms with van der Waals surface area (Å²) in [7, 11) is 3.29. The van der Waals surface area contributed by atoms with E-state index < -0.39 is 0 Å². The van der Waals surface area contributed by atoms with Crippen molar-refractivity contribution in [2.24, 2.45) is 0 Å². The van der Waals surface area contributed by atoms with Crippen LogP contribution in [0.15, 0.2) is 18.2 Å². The van der Waals surface area contributed by atoms with E-state index in [0.717, 1.165) is 37.8 Å². The fourth-order valence-corrected chi connectivity index (χ4v) is 4.44. The molecule has 2 fully saturated rings. The Kier molecular flexibility index (Phi) is 5.94. The minimum atomic E-state index is -0.329. The molecule has 5 nitrogen and oxygen atoms in total. The first-order chi connectivity index (χ1) is 12.1. The van der Waals surface area contributed by atoms with Gasteiger partial charge in [0.25, 0.3) is 0 Å². The van der Waals surface area contributed by atoms with Gasteiger partial charge < -0.3 is 19.3 Å². The zero-order valence-electron chi connectivity index (χ0n) is 15.0. The molecule has 1 aromatic rings. The zero-order chi connectivity index (χ0) is 17.9. The number of ether oxygens (including phenoxy) is 3. The summed E-state index contributed by atoms with van der Waals surface area (Å²) in [6.45, 7) is 1.95. The Balaban J connectivity index is 1.77. The molecule has 0 amide bonds. The average molecular weight is 353 g/mol. The molecule has 6 heteroatoms. The molecule has 3 rings (SSSR count). The van der Waals surface area contributed by atoms with Crippen LogP contribution in [0, 0.1) is 5.82 Å². The van der Waals surface area contributed by atoms with Gasteiger partial charge in [0.2, 0.25) is 0 Å². The van der Waals surface area contributed by atoms with E-state index in [1.54, 1.807) is 13.2 Å². The van der Waals surface area contributed by atoms with Crippen molar-refractivity contribution in [1.29, 1.82) is 0 Å². The Bertz CT molecular complexity index is 585. The molecular formula is C19H28FNO4. The van der Waals surface area contributed by atoms with Gasteiger partial charge in [0.05, 0.1) is 32.0 Å². The van der Waals surface area contributed by atoms with Crippen molar-refractivity contribution in [2.45, 2.75) is 50.0 Å². The summed E-state index contributed by atoms with van der Waals surface area (Å²) in [5, 5.41) is 9.00. The van der Waals surface area contributed by atoms with Gasteiger partial charge >= 0.3 is 0 Å². The van der Waals surface area contributed by atoms with Crippen LogP contribution in [0.1, 0.15) is 31.2 Å². The average Bonchev–Trinajstić information content (AvgIpc) is 2.99. The first-order valence-electron chi connectivity index (χ1n) is 8.96. The van der Waals surface area contributed by atoms with E-state index >= 15 is 0 Å². The Morgan fingerprint density at radius 1 is 1.32 bits per heavy atom. The molecule has 0 radical (unpaired) electrons. The van der Waals surface area contributed by atoms with Crippen LogP contribution in [0.3, 0.4) is 0 Å². The lowest BCUT2D eigenvalue weighted by atomic mass is 9.79. The summed E-state index contributed by atoms with van der Waals surface area (Å²) in [5.74, 6) is -0.00805. The number of fused-ring (bicyclic) bond motifs is 1. The van der Waals surface area contributed by atoms with Crippen molar-refractivity contribution in [3.05, 3.63) is 29.6 Å². The molecule has 0 bridgehead atoms. The van der Waals surface area contributed by atoms with Crippen LogP contribution in [-0.4, -0.2) is 61.7 Å². The maximum absolute atomic E-state index is 14.0. The van der Waals surface area contributed by atoms with Crippen LogP contribution < -0.4 is 4.74 Å². The van der Waals surface area contributed by atoms with E-state index in [1.165, 1.54) is 13.2 Å². The third-order valence-corrected chi connectivity index (χ3v) is 5.72. The van der Waals surface area contributed by atoms with Crippen molar-refractivity contribution >= 4 is 0 Å². The first kappa shape index (κ1) is 18.6. The number of para-hydroxylation sites is 1. The van der Waals surface area contributed by atoms with Crippen LogP contribution in [0.4, 0.5) is 4.39 Å². The molecule has 1 aliphatic heterocycles. The van der Waals surface area contributed by atoms with Crippen LogP contribution in [0.5, 0.6) is 5.75 Å². The molecule has 25 heavy (non-hydrogen) atoms. The number of hydrogen-bond acceptors (Lipinski definition) is 5. The van der Waals surface area contributed by atoms with Crippen molar-refractivity contribution < 1.29 is 23.7 Å². The molecule has 0 aromatic heterocycles. The molecule has 0 spiro atoms. The predicted molar refractivity (Wildman–Crippen MR) is 92.2 cm³/mol. The van der Waals surface area contributed by atoms with E-state index in [4.69, 9.17) is 19.3 Å². The Morgan fingerprint density at radius 3 is 2.88 bits per heavy atom. The number of nitrogens with zero attached hydrogens (tertiary/aromatic N) is 1.